The average Bonchev–Trinajstić information content (AvgIpc) is 2.69. The normalized spacial score (nSPS) is 30.0. The Morgan fingerprint density at radius 3 is 2.25 bits per heavy atom. The van der Waals surface area contributed by atoms with Gasteiger partial charge in [0.15, 0.2) is 6.29 Å². The summed E-state index contributed by atoms with van der Waals surface area (Å²) in [6.07, 6.45) is -2.62. The van der Waals surface area contributed by atoms with Gasteiger partial charge in [-0.25, -0.2) is 0 Å². The molecule has 1 amide bonds. The number of aliphatic hydroxyl groups excluding tert-OH is 1. The molecule has 3 N–H and O–H groups in total. The van der Waals surface area contributed by atoms with Crippen LogP contribution in [0.1, 0.15) is 25.0 Å². The molecule has 1 heterocycles. The Morgan fingerprint density at radius 2 is 1.68 bits per heavy atom. The molecule has 0 spiro atoms. The number of carbonyl (C=O) groups excluding carboxylic acids is 1. The minimum atomic E-state index is -1.65. The molecule has 1 saturated heterocycles. The van der Waals surface area contributed by atoms with E-state index in [2.05, 4.69) is 5.32 Å². The van der Waals surface area contributed by atoms with Crippen LogP contribution >= 0.6 is 0 Å². The summed E-state index contributed by atoms with van der Waals surface area (Å²) in [6.45, 7) is 3.30. The predicted octanol–water partition coefficient (Wildman–Crippen LogP) is 1.79. The highest BCUT2D eigenvalue weighted by atomic mass is 16.7. The van der Waals surface area contributed by atoms with E-state index in [4.69, 9.17) is 9.47 Å². The van der Waals surface area contributed by atoms with Crippen molar-refractivity contribution in [3.05, 3.63) is 71.8 Å². The number of carbonyl (C=O) groups is 1. The van der Waals surface area contributed by atoms with Crippen LogP contribution in [-0.2, 0) is 27.3 Å². The number of hydrogen-bond donors (Lipinski definition) is 3. The van der Waals surface area contributed by atoms with Gasteiger partial charge >= 0.3 is 0 Å². The molecule has 1 aliphatic heterocycles. The van der Waals surface area contributed by atoms with Gasteiger partial charge in [-0.15, -0.1) is 0 Å². The van der Waals surface area contributed by atoms with Crippen LogP contribution in [0.5, 0.6) is 0 Å². The van der Waals surface area contributed by atoms with E-state index in [1.807, 2.05) is 60.7 Å². The molecule has 0 aliphatic carbocycles. The van der Waals surface area contributed by atoms with Gasteiger partial charge in [-0.3, -0.25) is 4.79 Å². The molecule has 0 saturated carbocycles. The lowest BCUT2D eigenvalue weighted by atomic mass is 9.78. The highest BCUT2D eigenvalue weighted by Gasteiger charge is 2.55. The van der Waals surface area contributed by atoms with E-state index in [0.717, 1.165) is 11.1 Å². The zero-order valence-corrected chi connectivity index (χ0v) is 16.1. The maximum Gasteiger partial charge on any atom is 0.217 e. The van der Waals surface area contributed by atoms with Crippen LogP contribution in [0.25, 0.3) is 0 Å². The average molecular weight is 385 g/mol. The summed E-state index contributed by atoms with van der Waals surface area (Å²) in [4.78, 5) is 11.8. The molecule has 6 nitrogen and oxygen atoms in total. The van der Waals surface area contributed by atoms with Gasteiger partial charge in [-0.05, 0) is 18.1 Å². The number of aliphatic hydroxyl groups is 2. The summed E-state index contributed by atoms with van der Waals surface area (Å²) in [6, 6.07) is 18.0. The third kappa shape index (κ3) is 4.59. The maximum atomic E-state index is 11.8. The van der Waals surface area contributed by atoms with Crippen LogP contribution in [0.2, 0.25) is 0 Å². The standard InChI is InChI=1S/C22H27NO5/c1-15-20(25)22(26,13-17-9-5-3-6-10-17)19(23-16(2)24)21(28-15)27-14-18-11-7-4-8-12-18/h3-12,15,19-21,25-26H,13-14H2,1-2H3,(H,23,24)/t15-,19-,20-,21+,22-/m1/s1. The minimum Gasteiger partial charge on any atom is -0.387 e. The van der Waals surface area contributed by atoms with Crippen molar-refractivity contribution in [3.8, 4) is 0 Å². The molecule has 0 aromatic heterocycles. The molecule has 0 bridgehead atoms. The molecule has 0 radical (unpaired) electrons. The highest BCUT2D eigenvalue weighted by molar-refractivity contribution is 5.73. The number of hydrogen-bond acceptors (Lipinski definition) is 5. The van der Waals surface area contributed by atoms with Gasteiger partial charge in [0, 0.05) is 13.3 Å². The van der Waals surface area contributed by atoms with Gasteiger partial charge in [0.1, 0.15) is 17.7 Å². The van der Waals surface area contributed by atoms with Crippen molar-refractivity contribution in [1.29, 1.82) is 0 Å². The second-order valence-corrected chi connectivity index (χ2v) is 7.28. The number of benzene rings is 2. The summed E-state index contributed by atoms with van der Waals surface area (Å²) < 4.78 is 11.7. The third-order valence-electron chi connectivity index (χ3n) is 5.06. The summed E-state index contributed by atoms with van der Waals surface area (Å²) in [5, 5.41) is 25.0. The van der Waals surface area contributed by atoms with Crippen molar-refractivity contribution in [2.45, 2.75) is 57.0 Å². The first kappa shape index (κ1) is 20.5. The fraction of sp³-hybridized carbons (Fsp3) is 0.409. The van der Waals surface area contributed by atoms with Crippen LogP contribution in [0, 0.1) is 0 Å². The van der Waals surface area contributed by atoms with Gasteiger partial charge in [-0.1, -0.05) is 60.7 Å². The van der Waals surface area contributed by atoms with Crippen LogP contribution in [0.15, 0.2) is 60.7 Å². The van der Waals surface area contributed by atoms with Crippen molar-refractivity contribution < 1.29 is 24.5 Å². The van der Waals surface area contributed by atoms with Gasteiger partial charge in [0.2, 0.25) is 5.91 Å². The lowest BCUT2D eigenvalue weighted by Gasteiger charge is -2.49. The van der Waals surface area contributed by atoms with Crippen molar-refractivity contribution in [1.82, 2.24) is 5.32 Å². The maximum absolute atomic E-state index is 11.8. The molecule has 1 fully saturated rings. The molecule has 5 atom stereocenters. The highest BCUT2D eigenvalue weighted by Crippen LogP contribution is 2.34. The van der Waals surface area contributed by atoms with Gasteiger partial charge in [0.05, 0.1) is 12.7 Å². The summed E-state index contributed by atoms with van der Waals surface area (Å²) in [5.74, 6) is -0.338. The Bertz CT molecular complexity index is 769. The molecule has 150 valence electrons. The SMILES string of the molecule is CC(=O)N[C@@H]1[C@@H](OCc2ccccc2)O[C@H](C)[C@@H](O)[C@@]1(O)Cc1ccccc1. The second kappa shape index (κ2) is 8.84. The molecule has 2 aromatic rings. The largest absolute Gasteiger partial charge is 0.387 e. The lowest BCUT2D eigenvalue weighted by molar-refractivity contribution is -0.294. The first-order valence-electron chi connectivity index (χ1n) is 9.42. The number of rotatable bonds is 6. The zero-order valence-electron chi connectivity index (χ0n) is 16.1. The summed E-state index contributed by atoms with van der Waals surface area (Å²) in [5.41, 5.74) is 0.139. The van der Waals surface area contributed by atoms with E-state index in [-0.39, 0.29) is 18.9 Å². The number of amides is 1. The predicted molar refractivity (Wildman–Crippen MR) is 104 cm³/mol. The van der Waals surface area contributed by atoms with Gasteiger partial charge in [-0.2, -0.15) is 0 Å². The number of nitrogens with one attached hydrogen (secondary N) is 1. The lowest BCUT2D eigenvalue weighted by Crippen LogP contribution is -2.71. The van der Waals surface area contributed by atoms with Crippen LogP contribution in [-0.4, -0.2) is 46.3 Å². The quantitative estimate of drug-likeness (QED) is 0.706. The van der Waals surface area contributed by atoms with E-state index in [0.29, 0.717) is 0 Å². The van der Waals surface area contributed by atoms with Crippen molar-refractivity contribution in [3.63, 3.8) is 0 Å². The molecular weight excluding hydrogens is 358 g/mol. The Morgan fingerprint density at radius 1 is 1.11 bits per heavy atom. The smallest absolute Gasteiger partial charge is 0.217 e. The van der Waals surface area contributed by atoms with E-state index in [1.165, 1.54) is 6.92 Å². The van der Waals surface area contributed by atoms with Crippen molar-refractivity contribution in [2.24, 2.45) is 0 Å². The molecule has 6 heteroatoms. The van der Waals surface area contributed by atoms with E-state index in [9.17, 15) is 15.0 Å². The summed E-state index contributed by atoms with van der Waals surface area (Å²) >= 11 is 0. The second-order valence-electron chi connectivity index (χ2n) is 7.28. The Hall–Kier alpha value is -2.25. The van der Waals surface area contributed by atoms with Crippen molar-refractivity contribution >= 4 is 5.91 Å². The first-order chi connectivity index (χ1) is 13.4. The van der Waals surface area contributed by atoms with Gasteiger partial charge < -0.3 is 25.0 Å². The Balaban J connectivity index is 1.86. The van der Waals surface area contributed by atoms with Crippen LogP contribution in [0.3, 0.4) is 0 Å². The van der Waals surface area contributed by atoms with Gasteiger partial charge in [0.25, 0.3) is 0 Å². The zero-order chi connectivity index (χ0) is 20.1. The van der Waals surface area contributed by atoms with E-state index in [1.54, 1.807) is 6.92 Å². The Labute approximate surface area is 165 Å². The topological polar surface area (TPSA) is 88.0 Å². The van der Waals surface area contributed by atoms with E-state index >= 15 is 0 Å². The molecule has 2 aromatic carbocycles. The molecule has 28 heavy (non-hydrogen) atoms. The molecule has 3 rings (SSSR count). The minimum absolute atomic E-state index is 0.152. The van der Waals surface area contributed by atoms with Crippen molar-refractivity contribution in [2.75, 3.05) is 0 Å². The molecular formula is C22H27NO5. The van der Waals surface area contributed by atoms with Crippen LogP contribution in [0.4, 0.5) is 0 Å². The fourth-order valence-electron chi connectivity index (χ4n) is 3.63. The third-order valence-corrected chi connectivity index (χ3v) is 5.06. The first-order valence-corrected chi connectivity index (χ1v) is 9.42. The Kier molecular flexibility index (Phi) is 6.46. The monoisotopic (exact) mass is 385 g/mol. The number of ether oxygens (including phenoxy) is 2. The molecule has 1 aliphatic rings. The van der Waals surface area contributed by atoms with E-state index < -0.39 is 30.1 Å². The van der Waals surface area contributed by atoms with Crippen LogP contribution < -0.4 is 5.32 Å². The summed E-state index contributed by atoms with van der Waals surface area (Å²) in [7, 11) is 0. The fourth-order valence-corrected chi connectivity index (χ4v) is 3.63. The molecule has 0 unspecified atom stereocenters.